The smallest absolute Gasteiger partial charge is 0.224 e. The van der Waals surface area contributed by atoms with Gasteiger partial charge in [0.1, 0.15) is 49.8 Å². The van der Waals surface area contributed by atoms with E-state index in [9.17, 15) is 0 Å². The van der Waals surface area contributed by atoms with Gasteiger partial charge in [-0.05, 0) is 61.1 Å². The Bertz CT molecular complexity index is 2100. The summed E-state index contributed by atoms with van der Waals surface area (Å²) in [7, 11) is 0. The highest BCUT2D eigenvalue weighted by atomic mass is 16.9. The third-order valence-electron chi connectivity index (χ3n) is 12.3. The lowest BCUT2D eigenvalue weighted by atomic mass is 10.0. The number of rotatable bonds is 20. The van der Waals surface area contributed by atoms with Gasteiger partial charge in [0.05, 0.1) is 52.9 Å². The minimum absolute atomic E-state index is 0.183. The zero-order chi connectivity index (χ0) is 45.5. The Labute approximate surface area is 388 Å². The molecule has 5 aromatic carbocycles. The van der Waals surface area contributed by atoms with Crippen molar-refractivity contribution in [2.75, 3.05) is 26.4 Å². The summed E-state index contributed by atoms with van der Waals surface area (Å²) in [6.45, 7) is 10.3. The minimum Gasteiger partial charge on any atom is -0.374 e. The van der Waals surface area contributed by atoms with Gasteiger partial charge in [0, 0.05) is 0 Å². The highest BCUT2D eigenvalue weighted by Crippen LogP contribution is 2.46. The van der Waals surface area contributed by atoms with Gasteiger partial charge in [-0.2, -0.15) is 0 Å². The minimum atomic E-state index is -1.19. The van der Waals surface area contributed by atoms with E-state index in [0.29, 0.717) is 39.6 Å². The van der Waals surface area contributed by atoms with Gasteiger partial charge >= 0.3 is 0 Å². The molecule has 4 aliphatic heterocycles. The van der Waals surface area contributed by atoms with Crippen LogP contribution in [-0.2, 0) is 96.5 Å². The summed E-state index contributed by atoms with van der Waals surface area (Å²) >= 11 is 0. The molecule has 0 bridgehead atoms. The van der Waals surface area contributed by atoms with Crippen LogP contribution < -0.4 is 0 Å². The summed E-state index contributed by atoms with van der Waals surface area (Å²) in [5.41, 5.74) is 6.08. The van der Waals surface area contributed by atoms with E-state index >= 15 is 0 Å². The van der Waals surface area contributed by atoms with E-state index in [2.05, 4.69) is 0 Å². The third kappa shape index (κ3) is 11.3. The van der Waals surface area contributed by atoms with Crippen LogP contribution in [0.1, 0.15) is 61.1 Å². The van der Waals surface area contributed by atoms with Crippen molar-refractivity contribution in [3.8, 4) is 0 Å². The average Bonchev–Trinajstić information content (AvgIpc) is 4.01. The van der Waals surface area contributed by atoms with E-state index in [-0.39, 0.29) is 26.4 Å². The fourth-order valence-corrected chi connectivity index (χ4v) is 9.12. The largest absolute Gasteiger partial charge is 0.374 e. The van der Waals surface area contributed by atoms with Gasteiger partial charge in [0.15, 0.2) is 11.6 Å². The second-order valence-corrected chi connectivity index (χ2v) is 18.3. The molecule has 12 nitrogen and oxygen atoms in total. The Balaban J connectivity index is 0.880. The first-order valence-corrected chi connectivity index (χ1v) is 23.0. The van der Waals surface area contributed by atoms with Gasteiger partial charge in [0.25, 0.3) is 0 Å². The zero-order valence-corrected chi connectivity index (χ0v) is 38.3. The van der Waals surface area contributed by atoms with Gasteiger partial charge in [-0.15, -0.1) is 0 Å². The molecule has 4 heterocycles. The highest BCUT2D eigenvalue weighted by molar-refractivity contribution is 5.26. The topological polar surface area (TPSA) is 111 Å². The summed E-state index contributed by atoms with van der Waals surface area (Å²) in [5, 5.41) is 0. The Morgan fingerprint density at radius 3 is 1.05 bits per heavy atom. The first kappa shape index (κ1) is 46.7. The lowest BCUT2D eigenvalue weighted by Crippen LogP contribution is -2.48. The molecule has 8 atom stereocenters. The SMILES string of the molecule is CC1(C)OC[C@]2(O[C@H](COCc3ccccc3COC[C@H]3O[C@]4(COC(C)(C)O4)[C@@H](OCc4ccccc4)[C@@H]3OCc3ccccc3)[C@@H](OCc3ccccc3)[C@@H]2OCc2ccccc2)O1. The molecule has 350 valence electrons. The average molecular weight is 903 g/mol. The maximum Gasteiger partial charge on any atom is 0.224 e. The van der Waals surface area contributed by atoms with Gasteiger partial charge in [-0.3, -0.25) is 0 Å². The molecule has 0 saturated carbocycles. The van der Waals surface area contributed by atoms with Gasteiger partial charge in [0.2, 0.25) is 11.6 Å². The van der Waals surface area contributed by atoms with Crippen LogP contribution in [0.5, 0.6) is 0 Å². The van der Waals surface area contributed by atoms with Crippen molar-refractivity contribution in [2.45, 2.75) is 127 Å². The van der Waals surface area contributed by atoms with Crippen molar-refractivity contribution in [1.29, 1.82) is 0 Å². The molecule has 9 rings (SSSR count). The van der Waals surface area contributed by atoms with Crippen molar-refractivity contribution < 1.29 is 56.8 Å². The Hall–Kier alpha value is -4.38. The highest BCUT2D eigenvalue weighted by Gasteiger charge is 2.64. The molecular weight excluding hydrogens is 841 g/mol. The lowest BCUT2D eigenvalue weighted by Gasteiger charge is -2.31. The number of hydrogen-bond donors (Lipinski definition) is 0. The van der Waals surface area contributed by atoms with Crippen molar-refractivity contribution >= 4 is 0 Å². The first-order valence-electron chi connectivity index (χ1n) is 23.0. The maximum atomic E-state index is 6.80. The van der Waals surface area contributed by atoms with Crippen LogP contribution in [0.4, 0.5) is 0 Å². The van der Waals surface area contributed by atoms with Crippen LogP contribution >= 0.6 is 0 Å². The second kappa shape index (κ2) is 20.9. The van der Waals surface area contributed by atoms with E-state index in [1.165, 1.54) is 0 Å². The molecule has 0 aliphatic carbocycles. The first-order chi connectivity index (χ1) is 32.1. The normalized spacial score (nSPS) is 28.7. The van der Waals surface area contributed by atoms with Crippen LogP contribution in [0.2, 0.25) is 0 Å². The molecule has 0 radical (unpaired) electrons. The number of benzene rings is 5. The quantitative estimate of drug-likeness (QED) is 0.0745. The van der Waals surface area contributed by atoms with Crippen molar-refractivity contribution in [3.05, 3.63) is 179 Å². The van der Waals surface area contributed by atoms with Crippen LogP contribution in [0.25, 0.3) is 0 Å². The summed E-state index contributed by atoms with van der Waals surface area (Å²) in [6, 6.07) is 48.3. The van der Waals surface area contributed by atoms with Crippen molar-refractivity contribution in [2.24, 2.45) is 0 Å². The molecule has 5 aromatic rings. The van der Waals surface area contributed by atoms with Crippen LogP contribution in [-0.4, -0.2) is 86.2 Å². The van der Waals surface area contributed by atoms with Crippen molar-refractivity contribution in [1.82, 2.24) is 0 Å². The standard InChI is InChI=1S/C54H62O12/c1-51(2)61-37-53(65-51)49(59-31-41-23-13-7-14-24-41)47(57-29-39-19-9-5-10-20-39)45(63-53)35-55-33-43-27-17-18-28-44(43)34-56-36-46-48(58-30-40-21-11-6-12-22-40)50(60-32-42-25-15-8-16-26-42)54(64-46)38-62-52(3,4)66-54/h5-28,45-50H,29-38H2,1-4H3/t45-,46-,47-,48-,49+,50+,53+,54+/m1/s1. The number of ether oxygens (including phenoxy) is 12. The molecule has 12 heteroatoms. The van der Waals surface area contributed by atoms with Gasteiger partial charge in [-0.1, -0.05) is 146 Å². The molecule has 0 N–H and O–H groups in total. The molecule has 4 fully saturated rings. The summed E-state index contributed by atoms with van der Waals surface area (Å²) < 4.78 is 78.7. The molecule has 4 saturated heterocycles. The van der Waals surface area contributed by atoms with Crippen LogP contribution in [0, 0.1) is 0 Å². The summed E-state index contributed by atoms with van der Waals surface area (Å²) in [6.07, 6.45) is -3.33. The molecular formula is C54H62O12. The van der Waals surface area contributed by atoms with E-state index < -0.39 is 59.8 Å². The van der Waals surface area contributed by atoms with Gasteiger partial charge in [-0.25, -0.2) is 0 Å². The summed E-state index contributed by atoms with van der Waals surface area (Å²) in [5.74, 6) is -4.15. The summed E-state index contributed by atoms with van der Waals surface area (Å²) in [4.78, 5) is 0. The molecule has 66 heavy (non-hydrogen) atoms. The molecule has 4 aliphatic rings. The van der Waals surface area contributed by atoms with E-state index in [1.807, 2.05) is 173 Å². The van der Waals surface area contributed by atoms with Gasteiger partial charge < -0.3 is 56.8 Å². The van der Waals surface area contributed by atoms with Crippen molar-refractivity contribution in [3.63, 3.8) is 0 Å². The Morgan fingerprint density at radius 2 is 0.727 bits per heavy atom. The predicted octanol–water partition coefficient (Wildman–Crippen LogP) is 8.82. The molecule has 2 spiro atoms. The fraction of sp³-hybridized carbons (Fsp3) is 0.444. The zero-order valence-electron chi connectivity index (χ0n) is 38.3. The fourth-order valence-electron chi connectivity index (χ4n) is 9.12. The lowest BCUT2D eigenvalue weighted by molar-refractivity contribution is -0.279. The van der Waals surface area contributed by atoms with Crippen LogP contribution in [0.15, 0.2) is 146 Å². The van der Waals surface area contributed by atoms with E-state index in [4.69, 9.17) is 56.8 Å². The monoisotopic (exact) mass is 902 g/mol. The number of hydrogen-bond acceptors (Lipinski definition) is 12. The third-order valence-corrected chi connectivity index (χ3v) is 12.3. The Morgan fingerprint density at radius 1 is 0.409 bits per heavy atom. The molecule has 0 aromatic heterocycles. The van der Waals surface area contributed by atoms with E-state index in [1.54, 1.807) is 0 Å². The second-order valence-electron chi connectivity index (χ2n) is 18.3. The van der Waals surface area contributed by atoms with Crippen LogP contribution in [0.3, 0.4) is 0 Å². The molecule has 0 unspecified atom stereocenters. The maximum absolute atomic E-state index is 6.80. The Kier molecular flexibility index (Phi) is 14.8. The predicted molar refractivity (Wildman–Crippen MR) is 243 cm³/mol. The van der Waals surface area contributed by atoms with E-state index in [0.717, 1.165) is 33.4 Å². The molecule has 0 amide bonds.